The van der Waals surface area contributed by atoms with Gasteiger partial charge in [0.05, 0.1) is 6.20 Å². The van der Waals surface area contributed by atoms with Crippen LogP contribution in [0.2, 0.25) is 5.28 Å². The summed E-state index contributed by atoms with van der Waals surface area (Å²) in [5.41, 5.74) is 1.93. The van der Waals surface area contributed by atoms with Crippen molar-refractivity contribution in [3.63, 3.8) is 0 Å². The molecular formula is C14H12ClFN4O. The average molecular weight is 307 g/mol. The summed E-state index contributed by atoms with van der Waals surface area (Å²) in [7, 11) is 0. The Balaban J connectivity index is 2.06. The van der Waals surface area contributed by atoms with Gasteiger partial charge in [-0.2, -0.15) is 4.98 Å². The molecule has 0 aliphatic carbocycles. The van der Waals surface area contributed by atoms with E-state index in [9.17, 15) is 4.39 Å². The minimum atomic E-state index is -0.539. The third-order valence-electron chi connectivity index (χ3n) is 2.79. The molecule has 3 aromatic rings. The van der Waals surface area contributed by atoms with Crippen LogP contribution >= 0.6 is 11.6 Å². The molecule has 108 valence electrons. The Morgan fingerprint density at radius 1 is 1.29 bits per heavy atom. The number of nitrogens with one attached hydrogen (secondary N) is 1. The second-order valence-corrected chi connectivity index (χ2v) is 5.17. The zero-order valence-electron chi connectivity index (χ0n) is 11.4. The monoisotopic (exact) mass is 306 g/mol. The molecule has 0 bridgehead atoms. The molecule has 7 heteroatoms. The normalized spacial score (nSPS) is 11.3. The van der Waals surface area contributed by atoms with Crippen LogP contribution in [0.4, 0.5) is 10.4 Å². The number of benzene rings is 1. The molecule has 0 saturated carbocycles. The predicted molar refractivity (Wildman–Crippen MR) is 78.8 cm³/mol. The highest BCUT2D eigenvalue weighted by Crippen LogP contribution is 2.27. The smallest absolute Gasteiger partial charge is 0.295 e. The van der Waals surface area contributed by atoms with Gasteiger partial charge in [0, 0.05) is 11.6 Å². The molecule has 5 nitrogen and oxygen atoms in total. The fourth-order valence-corrected chi connectivity index (χ4v) is 2.06. The first-order valence-electron chi connectivity index (χ1n) is 6.38. The minimum Gasteiger partial charge on any atom is -0.424 e. The molecule has 0 unspecified atom stereocenters. The number of oxazole rings is 1. The maximum Gasteiger partial charge on any atom is 0.295 e. The average Bonchev–Trinajstić information content (AvgIpc) is 2.81. The maximum absolute atomic E-state index is 13.8. The van der Waals surface area contributed by atoms with Crippen molar-refractivity contribution in [3.05, 3.63) is 35.5 Å². The molecule has 1 N–H and O–H groups in total. The highest BCUT2D eigenvalue weighted by molar-refractivity contribution is 6.28. The van der Waals surface area contributed by atoms with Gasteiger partial charge >= 0.3 is 0 Å². The van der Waals surface area contributed by atoms with Gasteiger partial charge in [-0.3, -0.25) is 0 Å². The molecule has 0 amide bonds. The van der Waals surface area contributed by atoms with Crippen LogP contribution in [0.5, 0.6) is 0 Å². The van der Waals surface area contributed by atoms with Crippen molar-refractivity contribution in [1.29, 1.82) is 0 Å². The van der Waals surface area contributed by atoms with Crippen molar-refractivity contribution in [1.82, 2.24) is 15.0 Å². The highest BCUT2D eigenvalue weighted by Gasteiger charge is 2.12. The molecule has 0 fully saturated rings. The molecule has 3 rings (SSSR count). The molecule has 0 atom stereocenters. The first-order valence-corrected chi connectivity index (χ1v) is 6.76. The van der Waals surface area contributed by atoms with Crippen molar-refractivity contribution in [2.75, 3.05) is 5.32 Å². The van der Waals surface area contributed by atoms with Crippen LogP contribution in [0.15, 0.2) is 28.8 Å². The molecular weight excluding hydrogens is 295 g/mol. The van der Waals surface area contributed by atoms with E-state index in [0.717, 1.165) is 6.20 Å². The summed E-state index contributed by atoms with van der Waals surface area (Å²) in [5, 5.41) is 3.07. The fourth-order valence-electron chi connectivity index (χ4n) is 1.93. The lowest BCUT2D eigenvalue weighted by atomic mass is 10.1. The summed E-state index contributed by atoms with van der Waals surface area (Å²) in [6.07, 6.45) is 1.05. The maximum atomic E-state index is 13.8. The van der Waals surface area contributed by atoms with Gasteiger partial charge in [0.25, 0.3) is 6.01 Å². The lowest BCUT2D eigenvalue weighted by Crippen LogP contribution is -2.09. The van der Waals surface area contributed by atoms with E-state index in [-0.39, 0.29) is 17.0 Å². The zero-order chi connectivity index (χ0) is 15.0. The molecule has 0 saturated heterocycles. The largest absolute Gasteiger partial charge is 0.424 e. The highest BCUT2D eigenvalue weighted by atomic mass is 35.5. The number of fused-ring (bicyclic) bond motifs is 1. The Morgan fingerprint density at radius 3 is 2.86 bits per heavy atom. The van der Waals surface area contributed by atoms with Crippen LogP contribution in [0.3, 0.4) is 0 Å². The Hall–Kier alpha value is -2.21. The number of rotatable bonds is 3. The quantitative estimate of drug-likeness (QED) is 0.744. The van der Waals surface area contributed by atoms with Crippen LogP contribution < -0.4 is 5.32 Å². The number of hydrogen-bond donors (Lipinski definition) is 1. The second-order valence-electron chi connectivity index (χ2n) is 4.84. The molecule has 2 heterocycles. The van der Waals surface area contributed by atoms with Crippen molar-refractivity contribution < 1.29 is 8.81 Å². The Bertz CT molecular complexity index is 803. The van der Waals surface area contributed by atoms with E-state index < -0.39 is 5.82 Å². The van der Waals surface area contributed by atoms with Gasteiger partial charge in [-0.05, 0) is 43.6 Å². The Kier molecular flexibility index (Phi) is 3.47. The van der Waals surface area contributed by atoms with E-state index in [1.54, 1.807) is 18.2 Å². The Labute approximate surface area is 125 Å². The second kappa shape index (κ2) is 5.29. The summed E-state index contributed by atoms with van der Waals surface area (Å²) in [6, 6.07) is 5.76. The molecule has 0 radical (unpaired) electrons. The van der Waals surface area contributed by atoms with Crippen molar-refractivity contribution >= 4 is 28.7 Å². The molecule has 1 aromatic carbocycles. The summed E-state index contributed by atoms with van der Waals surface area (Å²) in [4.78, 5) is 11.8. The lowest BCUT2D eigenvalue weighted by molar-refractivity contribution is 0.605. The zero-order valence-corrected chi connectivity index (χ0v) is 12.1. The van der Waals surface area contributed by atoms with Gasteiger partial charge in [-0.1, -0.05) is 0 Å². The van der Waals surface area contributed by atoms with Crippen LogP contribution in [0.1, 0.15) is 13.8 Å². The summed E-state index contributed by atoms with van der Waals surface area (Å²) < 4.78 is 19.3. The number of anilines is 1. The van der Waals surface area contributed by atoms with Gasteiger partial charge in [0.1, 0.15) is 11.2 Å². The molecule has 0 aliphatic heterocycles. The standard InChI is InChI=1S/C14H12ClFN4O/c1-7(2)18-14-19-10-5-8(3-4-11(10)21-14)12-9(16)6-17-13(15)20-12/h3-7H,1-2H3,(H,18,19). The van der Waals surface area contributed by atoms with Gasteiger partial charge in [0.15, 0.2) is 11.4 Å². The van der Waals surface area contributed by atoms with E-state index in [0.29, 0.717) is 22.7 Å². The van der Waals surface area contributed by atoms with E-state index in [2.05, 4.69) is 20.3 Å². The third kappa shape index (κ3) is 2.80. The summed E-state index contributed by atoms with van der Waals surface area (Å²) in [5.74, 6) is -0.539. The molecule has 21 heavy (non-hydrogen) atoms. The molecule has 2 aromatic heterocycles. The predicted octanol–water partition coefficient (Wildman–Crippen LogP) is 3.90. The third-order valence-corrected chi connectivity index (χ3v) is 2.97. The Morgan fingerprint density at radius 2 is 2.10 bits per heavy atom. The van der Waals surface area contributed by atoms with Crippen molar-refractivity contribution in [2.24, 2.45) is 0 Å². The summed E-state index contributed by atoms with van der Waals surface area (Å²) in [6.45, 7) is 3.97. The van der Waals surface area contributed by atoms with E-state index in [1.165, 1.54) is 0 Å². The van der Waals surface area contributed by atoms with Gasteiger partial charge in [-0.25, -0.2) is 14.4 Å². The first kappa shape index (κ1) is 13.8. The lowest BCUT2D eigenvalue weighted by Gasteiger charge is -2.02. The van der Waals surface area contributed by atoms with Crippen LogP contribution in [-0.2, 0) is 0 Å². The topological polar surface area (TPSA) is 63.8 Å². The van der Waals surface area contributed by atoms with E-state index in [1.807, 2.05) is 13.8 Å². The minimum absolute atomic E-state index is 0.00573. The fraction of sp³-hybridized carbons (Fsp3) is 0.214. The SMILES string of the molecule is CC(C)Nc1nc2cc(-c3nc(Cl)ncc3F)ccc2o1. The number of nitrogens with zero attached hydrogens (tertiary/aromatic N) is 3. The van der Waals surface area contributed by atoms with Crippen molar-refractivity contribution in [2.45, 2.75) is 19.9 Å². The number of aromatic nitrogens is 3. The number of hydrogen-bond acceptors (Lipinski definition) is 5. The number of halogens is 2. The van der Waals surface area contributed by atoms with Crippen LogP contribution in [-0.4, -0.2) is 21.0 Å². The van der Waals surface area contributed by atoms with Gasteiger partial charge in [0.2, 0.25) is 5.28 Å². The van der Waals surface area contributed by atoms with E-state index >= 15 is 0 Å². The van der Waals surface area contributed by atoms with Crippen LogP contribution in [0.25, 0.3) is 22.4 Å². The first-order chi connectivity index (χ1) is 10.0. The molecule has 0 aliphatic rings. The summed E-state index contributed by atoms with van der Waals surface area (Å²) >= 11 is 5.71. The van der Waals surface area contributed by atoms with E-state index in [4.69, 9.17) is 16.0 Å². The van der Waals surface area contributed by atoms with Crippen molar-refractivity contribution in [3.8, 4) is 11.3 Å². The van der Waals surface area contributed by atoms with Gasteiger partial charge < -0.3 is 9.73 Å². The van der Waals surface area contributed by atoms with Crippen LogP contribution in [0, 0.1) is 5.82 Å². The molecule has 0 spiro atoms. The van der Waals surface area contributed by atoms with Gasteiger partial charge in [-0.15, -0.1) is 0 Å².